The van der Waals surface area contributed by atoms with Gasteiger partial charge in [0, 0.05) is 22.9 Å². The fourth-order valence-electron chi connectivity index (χ4n) is 4.48. The predicted molar refractivity (Wildman–Crippen MR) is 151 cm³/mol. The quantitative estimate of drug-likeness (QED) is 0.315. The highest BCUT2D eigenvalue weighted by Crippen LogP contribution is 2.37. The van der Waals surface area contributed by atoms with Gasteiger partial charge in [-0.3, -0.25) is 14.5 Å². The molecule has 13 nitrogen and oxygen atoms in total. The van der Waals surface area contributed by atoms with Crippen LogP contribution in [0.15, 0.2) is 59.2 Å². The molecule has 42 heavy (non-hydrogen) atoms. The number of aromatic nitrogens is 4. The van der Waals surface area contributed by atoms with Gasteiger partial charge >= 0.3 is 0 Å². The third kappa shape index (κ3) is 6.14. The van der Waals surface area contributed by atoms with E-state index in [4.69, 9.17) is 23.4 Å². The molecule has 2 aromatic carbocycles. The number of hydrogen-bond donors (Lipinski definition) is 1. The van der Waals surface area contributed by atoms with Crippen LogP contribution in [-0.4, -0.2) is 65.0 Å². The Balaban J connectivity index is 1.51. The van der Waals surface area contributed by atoms with E-state index in [1.54, 1.807) is 55.6 Å². The third-order valence-electron chi connectivity index (χ3n) is 6.26. The summed E-state index contributed by atoms with van der Waals surface area (Å²) in [4.78, 5) is 30.3. The average Bonchev–Trinajstić information content (AvgIpc) is 3.67. The highest BCUT2D eigenvalue weighted by molar-refractivity contribution is 6.01. The lowest BCUT2D eigenvalue weighted by atomic mass is 10.1. The summed E-state index contributed by atoms with van der Waals surface area (Å²) in [7, 11) is 3.07. The zero-order valence-electron chi connectivity index (χ0n) is 24.0. The van der Waals surface area contributed by atoms with E-state index in [9.17, 15) is 9.59 Å². The second kappa shape index (κ2) is 11.8. The Morgan fingerprint density at radius 3 is 2.48 bits per heavy atom. The summed E-state index contributed by atoms with van der Waals surface area (Å²) >= 11 is 0. The van der Waals surface area contributed by atoms with Gasteiger partial charge in [0.15, 0.2) is 29.0 Å². The Morgan fingerprint density at radius 2 is 1.79 bits per heavy atom. The molecule has 0 fully saturated rings. The predicted octanol–water partition coefficient (Wildman–Crippen LogP) is 3.41. The second-order valence-corrected chi connectivity index (χ2v) is 10.5. The smallest absolute Gasteiger partial charge is 0.251 e. The highest BCUT2D eigenvalue weighted by Gasteiger charge is 2.37. The number of furan rings is 1. The van der Waals surface area contributed by atoms with E-state index in [-0.39, 0.29) is 18.1 Å². The van der Waals surface area contributed by atoms with Crippen molar-refractivity contribution in [3.05, 3.63) is 60.6 Å². The Labute approximate surface area is 242 Å². The van der Waals surface area contributed by atoms with Crippen LogP contribution in [0, 0.1) is 0 Å². The fourth-order valence-corrected chi connectivity index (χ4v) is 4.48. The first-order chi connectivity index (χ1) is 20.2. The zero-order chi connectivity index (χ0) is 29.9. The number of tetrazole rings is 1. The SMILES string of the molecule is COc1ccc(-c2nnn(CC(=O)N(c3ccc4c(c3)OCCO4)[C@@H](C(=O)NC(C)(C)C)c3ccco3)n2)cc1OC. The van der Waals surface area contributed by atoms with E-state index in [2.05, 4.69) is 20.7 Å². The van der Waals surface area contributed by atoms with Gasteiger partial charge in [-0.2, -0.15) is 4.80 Å². The molecule has 2 aromatic heterocycles. The number of methoxy groups -OCH3 is 2. The van der Waals surface area contributed by atoms with Crippen molar-refractivity contribution in [1.82, 2.24) is 25.5 Å². The number of nitrogens with one attached hydrogen (secondary N) is 1. The van der Waals surface area contributed by atoms with Crippen LogP contribution in [0.3, 0.4) is 0 Å². The number of carbonyl (C=O) groups is 2. The van der Waals surface area contributed by atoms with Crippen LogP contribution < -0.4 is 29.2 Å². The third-order valence-corrected chi connectivity index (χ3v) is 6.26. The summed E-state index contributed by atoms with van der Waals surface area (Å²) in [6.45, 7) is 6.02. The van der Waals surface area contributed by atoms with Crippen LogP contribution in [0.4, 0.5) is 5.69 Å². The number of hydrogen-bond acceptors (Lipinski definition) is 10. The van der Waals surface area contributed by atoms with Crippen LogP contribution in [0.1, 0.15) is 32.6 Å². The van der Waals surface area contributed by atoms with Crippen molar-refractivity contribution in [3.63, 3.8) is 0 Å². The Hall–Kier alpha value is -5.07. The van der Waals surface area contributed by atoms with Gasteiger partial charge in [-0.15, -0.1) is 10.2 Å². The molecule has 0 saturated carbocycles. The van der Waals surface area contributed by atoms with Crippen molar-refractivity contribution in [3.8, 4) is 34.4 Å². The molecule has 1 N–H and O–H groups in total. The molecule has 1 aliphatic rings. The van der Waals surface area contributed by atoms with E-state index in [0.29, 0.717) is 47.5 Å². The number of rotatable bonds is 9. The summed E-state index contributed by atoms with van der Waals surface area (Å²) in [6, 6.07) is 12.4. The molecule has 1 aliphatic heterocycles. The molecule has 0 radical (unpaired) electrons. The van der Waals surface area contributed by atoms with Crippen LogP contribution in [0.5, 0.6) is 23.0 Å². The van der Waals surface area contributed by atoms with Gasteiger partial charge in [-0.25, -0.2) is 0 Å². The minimum absolute atomic E-state index is 0.276. The standard InChI is InChI=1S/C29H32N6O7/c1-29(2,3)30-28(37)26(22-7-6-12-40-22)35(19-9-11-21-24(16-19)42-14-13-41-21)25(36)17-34-32-27(31-33-34)18-8-10-20(38-4)23(15-18)39-5/h6-12,15-16,26H,13-14,17H2,1-5H3,(H,30,37)/t26-/m1/s1. The number of nitrogens with zero attached hydrogens (tertiary/aromatic N) is 5. The molecule has 3 heterocycles. The second-order valence-electron chi connectivity index (χ2n) is 10.5. The number of amides is 2. The number of anilines is 1. The first-order valence-corrected chi connectivity index (χ1v) is 13.2. The van der Waals surface area contributed by atoms with Gasteiger partial charge in [0.05, 0.1) is 20.5 Å². The molecule has 2 amide bonds. The summed E-state index contributed by atoms with van der Waals surface area (Å²) in [5.41, 5.74) is 0.439. The average molecular weight is 577 g/mol. The normalized spacial score (nSPS) is 13.3. The maximum atomic E-state index is 14.1. The number of carbonyl (C=O) groups excluding carboxylic acids is 2. The first kappa shape index (κ1) is 28.5. The maximum Gasteiger partial charge on any atom is 0.251 e. The number of ether oxygens (including phenoxy) is 4. The lowest BCUT2D eigenvalue weighted by Gasteiger charge is -2.32. The Bertz CT molecular complexity index is 1560. The van der Waals surface area contributed by atoms with Crippen LogP contribution in [0.2, 0.25) is 0 Å². The van der Waals surface area contributed by atoms with Crippen molar-refractivity contribution in [2.45, 2.75) is 38.9 Å². The monoisotopic (exact) mass is 576 g/mol. The summed E-state index contributed by atoms with van der Waals surface area (Å²) in [5.74, 6) is 1.69. The molecule has 0 unspecified atom stereocenters. The minimum Gasteiger partial charge on any atom is -0.493 e. The van der Waals surface area contributed by atoms with Crippen LogP contribution >= 0.6 is 0 Å². The van der Waals surface area contributed by atoms with Gasteiger partial charge in [0.2, 0.25) is 5.82 Å². The van der Waals surface area contributed by atoms with E-state index in [1.807, 2.05) is 20.8 Å². The maximum absolute atomic E-state index is 14.1. The number of fused-ring (bicyclic) bond motifs is 1. The largest absolute Gasteiger partial charge is 0.493 e. The molecular weight excluding hydrogens is 544 g/mol. The van der Waals surface area contributed by atoms with Gasteiger partial charge in [0.25, 0.3) is 11.8 Å². The van der Waals surface area contributed by atoms with Gasteiger partial charge in [-0.1, -0.05) is 0 Å². The molecule has 5 rings (SSSR count). The molecule has 0 bridgehead atoms. The van der Waals surface area contributed by atoms with Crippen LogP contribution in [-0.2, 0) is 16.1 Å². The molecular formula is C29H32N6O7. The first-order valence-electron chi connectivity index (χ1n) is 13.2. The van der Waals surface area contributed by atoms with Gasteiger partial charge in [0.1, 0.15) is 25.5 Å². The topological polar surface area (TPSA) is 143 Å². The lowest BCUT2D eigenvalue weighted by molar-refractivity contribution is -0.128. The molecule has 220 valence electrons. The summed E-state index contributed by atoms with van der Waals surface area (Å²) < 4.78 is 27.8. The van der Waals surface area contributed by atoms with Crippen molar-refractivity contribution in [1.29, 1.82) is 0 Å². The lowest BCUT2D eigenvalue weighted by Crippen LogP contribution is -2.50. The zero-order valence-corrected chi connectivity index (χ0v) is 24.0. The highest BCUT2D eigenvalue weighted by atomic mass is 16.6. The molecule has 13 heteroatoms. The molecule has 0 aliphatic carbocycles. The number of benzene rings is 2. The summed E-state index contributed by atoms with van der Waals surface area (Å²) in [5, 5.41) is 15.6. The van der Waals surface area contributed by atoms with Gasteiger partial charge in [-0.05, 0) is 68.4 Å². The molecule has 0 spiro atoms. The minimum atomic E-state index is -1.15. The van der Waals surface area contributed by atoms with E-state index in [0.717, 1.165) is 0 Å². The van der Waals surface area contributed by atoms with Gasteiger partial charge < -0.3 is 28.7 Å². The Kier molecular flexibility index (Phi) is 8.00. The van der Waals surface area contributed by atoms with E-state index in [1.165, 1.54) is 23.1 Å². The van der Waals surface area contributed by atoms with Crippen molar-refractivity contribution >= 4 is 17.5 Å². The van der Waals surface area contributed by atoms with Crippen molar-refractivity contribution < 1.29 is 33.0 Å². The van der Waals surface area contributed by atoms with Crippen molar-refractivity contribution in [2.75, 3.05) is 32.3 Å². The van der Waals surface area contributed by atoms with Crippen LogP contribution in [0.25, 0.3) is 11.4 Å². The molecule has 4 aromatic rings. The molecule has 0 saturated heterocycles. The van der Waals surface area contributed by atoms with E-state index >= 15 is 0 Å². The molecule has 1 atom stereocenters. The fraction of sp³-hybridized carbons (Fsp3) is 0.345. The van der Waals surface area contributed by atoms with Crippen molar-refractivity contribution in [2.24, 2.45) is 0 Å². The Morgan fingerprint density at radius 1 is 1.02 bits per heavy atom. The van der Waals surface area contributed by atoms with E-state index < -0.39 is 23.4 Å². The summed E-state index contributed by atoms with van der Waals surface area (Å²) in [6.07, 6.45) is 1.45.